The topological polar surface area (TPSA) is 38.9 Å². The van der Waals surface area contributed by atoms with Crippen molar-refractivity contribution in [2.45, 2.75) is 25.3 Å². The predicted molar refractivity (Wildman–Crippen MR) is 48.5 cm³/mol. The molecule has 12 heavy (non-hydrogen) atoms. The van der Waals surface area contributed by atoms with Gasteiger partial charge in [0.05, 0.1) is 5.69 Å². The van der Waals surface area contributed by atoms with Gasteiger partial charge in [-0.3, -0.25) is 4.98 Å². The third-order valence-electron chi connectivity index (χ3n) is 2.35. The summed E-state index contributed by atoms with van der Waals surface area (Å²) >= 11 is 0. The van der Waals surface area contributed by atoms with E-state index in [1.165, 1.54) is 12.8 Å². The molecular formula is C10H14N2. The molecule has 1 aromatic rings. The summed E-state index contributed by atoms with van der Waals surface area (Å²) in [7, 11) is 0. The van der Waals surface area contributed by atoms with Gasteiger partial charge in [0.15, 0.2) is 0 Å². The van der Waals surface area contributed by atoms with Gasteiger partial charge in [0.2, 0.25) is 0 Å². The molecule has 2 rings (SSSR count). The molecule has 1 atom stereocenters. The van der Waals surface area contributed by atoms with Crippen molar-refractivity contribution in [3.8, 4) is 0 Å². The minimum Gasteiger partial charge on any atom is -0.323 e. The lowest BCUT2D eigenvalue weighted by atomic mass is 10.1. The van der Waals surface area contributed by atoms with Crippen molar-refractivity contribution in [1.82, 2.24) is 4.98 Å². The summed E-state index contributed by atoms with van der Waals surface area (Å²) < 4.78 is 0. The summed E-state index contributed by atoms with van der Waals surface area (Å²) in [5.41, 5.74) is 7.01. The van der Waals surface area contributed by atoms with Gasteiger partial charge in [-0.1, -0.05) is 18.9 Å². The molecule has 1 aliphatic rings. The number of rotatable bonds is 3. The minimum atomic E-state index is 0.152. The summed E-state index contributed by atoms with van der Waals surface area (Å²) in [5, 5.41) is 0. The molecule has 0 saturated heterocycles. The molecule has 1 heterocycles. The zero-order chi connectivity index (χ0) is 8.39. The highest BCUT2D eigenvalue weighted by Gasteiger charge is 2.24. The number of nitrogens with two attached hydrogens (primary N) is 1. The average Bonchev–Trinajstić information content (AvgIpc) is 2.90. The first kappa shape index (κ1) is 7.74. The van der Waals surface area contributed by atoms with Gasteiger partial charge in [0.1, 0.15) is 0 Å². The second-order valence-corrected chi connectivity index (χ2v) is 3.54. The van der Waals surface area contributed by atoms with Crippen LogP contribution in [0.1, 0.15) is 31.0 Å². The maximum Gasteiger partial charge on any atom is 0.0571 e. The second kappa shape index (κ2) is 3.23. The molecule has 0 aromatic carbocycles. The summed E-state index contributed by atoms with van der Waals surface area (Å²) in [5.74, 6) is 0.877. The quantitative estimate of drug-likeness (QED) is 0.737. The monoisotopic (exact) mass is 162 g/mol. The number of nitrogens with zero attached hydrogens (tertiary/aromatic N) is 1. The van der Waals surface area contributed by atoms with E-state index in [0.29, 0.717) is 0 Å². The van der Waals surface area contributed by atoms with Crippen LogP contribution in [0.2, 0.25) is 0 Å². The first-order valence-corrected chi connectivity index (χ1v) is 4.53. The average molecular weight is 162 g/mol. The minimum absolute atomic E-state index is 0.152. The second-order valence-electron chi connectivity index (χ2n) is 3.54. The molecule has 1 fully saturated rings. The fraction of sp³-hybridized carbons (Fsp3) is 0.500. The molecule has 2 heteroatoms. The van der Waals surface area contributed by atoms with E-state index >= 15 is 0 Å². The van der Waals surface area contributed by atoms with Gasteiger partial charge >= 0.3 is 0 Å². The summed E-state index contributed by atoms with van der Waals surface area (Å²) in [6, 6.07) is 6.08. The van der Waals surface area contributed by atoms with E-state index in [1.54, 1.807) is 0 Å². The molecule has 0 spiro atoms. The summed E-state index contributed by atoms with van der Waals surface area (Å²) in [6.07, 6.45) is 5.64. The van der Waals surface area contributed by atoms with E-state index < -0.39 is 0 Å². The van der Waals surface area contributed by atoms with Crippen LogP contribution in [0.3, 0.4) is 0 Å². The Hall–Kier alpha value is -0.890. The molecule has 0 unspecified atom stereocenters. The van der Waals surface area contributed by atoms with Gasteiger partial charge < -0.3 is 5.73 Å². The Morgan fingerprint density at radius 2 is 2.33 bits per heavy atom. The van der Waals surface area contributed by atoms with Crippen molar-refractivity contribution < 1.29 is 0 Å². The summed E-state index contributed by atoms with van der Waals surface area (Å²) in [4.78, 5) is 4.23. The zero-order valence-electron chi connectivity index (χ0n) is 7.11. The number of hydrogen-bond donors (Lipinski definition) is 1. The Labute approximate surface area is 72.8 Å². The van der Waals surface area contributed by atoms with Gasteiger partial charge in [-0.25, -0.2) is 0 Å². The third kappa shape index (κ3) is 1.83. The van der Waals surface area contributed by atoms with Crippen LogP contribution in [0.5, 0.6) is 0 Å². The van der Waals surface area contributed by atoms with Crippen molar-refractivity contribution in [1.29, 1.82) is 0 Å². The Balaban J connectivity index is 1.98. The van der Waals surface area contributed by atoms with Gasteiger partial charge in [-0.05, 0) is 24.5 Å². The van der Waals surface area contributed by atoms with E-state index in [1.807, 2.05) is 24.4 Å². The number of hydrogen-bond acceptors (Lipinski definition) is 2. The summed E-state index contributed by atoms with van der Waals surface area (Å²) in [6.45, 7) is 0. The van der Waals surface area contributed by atoms with Crippen LogP contribution in [0.25, 0.3) is 0 Å². The van der Waals surface area contributed by atoms with E-state index in [9.17, 15) is 0 Å². The van der Waals surface area contributed by atoms with Gasteiger partial charge in [0.25, 0.3) is 0 Å². The molecule has 1 aromatic heterocycles. The first-order chi connectivity index (χ1) is 5.86. The molecular weight excluding hydrogens is 148 g/mol. The van der Waals surface area contributed by atoms with Crippen LogP contribution in [0.4, 0.5) is 0 Å². The lowest BCUT2D eigenvalue weighted by Gasteiger charge is -2.08. The maximum absolute atomic E-state index is 5.97. The molecule has 1 saturated carbocycles. The van der Waals surface area contributed by atoms with Crippen molar-refractivity contribution >= 4 is 0 Å². The largest absolute Gasteiger partial charge is 0.323 e. The van der Waals surface area contributed by atoms with E-state index in [4.69, 9.17) is 5.73 Å². The number of pyridine rings is 1. The van der Waals surface area contributed by atoms with Gasteiger partial charge in [-0.2, -0.15) is 0 Å². The smallest absolute Gasteiger partial charge is 0.0571 e. The molecule has 0 amide bonds. The molecule has 2 N–H and O–H groups in total. The van der Waals surface area contributed by atoms with Gasteiger partial charge in [-0.15, -0.1) is 0 Å². The van der Waals surface area contributed by atoms with Crippen LogP contribution < -0.4 is 5.73 Å². The Kier molecular flexibility index (Phi) is 2.09. The van der Waals surface area contributed by atoms with Crippen LogP contribution in [-0.2, 0) is 0 Å². The SMILES string of the molecule is N[C@H](CC1CC1)c1ccccn1. The molecule has 0 bridgehead atoms. The number of aromatic nitrogens is 1. The van der Waals surface area contributed by atoms with Gasteiger partial charge in [0, 0.05) is 12.2 Å². The van der Waals surface area contributed by atoms with Crippen LogP contribution >= 0.6 is 0 Å². The highest BCUT2D eigenvalue weighted by atomic mass is 14.8. The van der Waals surface area contributed by atoms with Crippen molar-refractivity contribution in [3.63, 3.8) is 0 Å². The van der Waals surface area contributed by atoms with Crippen molar-refractivity contribution in [2.75, 3.05) is 0 Å². The zero-order valence-corrected chi connectivity index (χ0v) is 7.11. The fourth-order valence-electron chi connectivity index (χ4n) is 1.43. The molecule has 0 radical (unpaired) electrons. The highest BCUT2D eigenvalue weighted by molar-refractivity contribution is 5.08. The first-order valence-electron chi connectivity index (χ1n) is 4.53. The van der Waals surface area contributed by atoms with Crippen LogP contribution in [0, 0.1) is 5.92 Å². The Bertz CT molecular complexity index is 241. The van der Waals surface area contributed by atoms with Crippen LogP contribution in [0.15, 0.2) is 24.4 Å². The van der Waals surface area contributed by atoms with Crippen molar-refractivity contribution in [2.24, 2.45) is 11.7 Å². The highest BCUT2D eigenvalue weighted by Crippen LogP contribution is 2.36. The molecule has 0 aliphatic heterocycles. The Morgan fingerprint density at radius 1 is 1.50 bits per heavy atom. The molecule has 2 nitrogen and oxygen atoms in total. The van der Waals surface area contributed by atoms with Crippen molar-refractivity contribution in [3.05, 3.63) is 30.1 Å². The van der Waals surface area contributed by atoms with Crippen LogP contribution in [-0.4, -0.2) is 4.98 Å². The maximum atomic E-state index is 5.97. The van der Waals surface area contributed by atoms with E-state index in [2.05, 4.69) is 4.98 Å². The van der Waals surface area contributed by atoms with E-state index in [0.717, 1.165) is 18.0 Å². The lowest BCUT2D eigenvalue weighted by Crippen LogP contribution is -2.12. The van der Waals surface area contributed by atoms with E-state index in [-0.39, 0.29) is 6.04 Å². The molecule has 1 aliphatic carbocycles. The fourth-order valence-corrected chi connectivity index (χ4v) is 1.43. The normalized spacial score (nSPS) is 19.1. The standard InChI is InChI=1S/C10H14N2/c11-9(7-8-4-5-8)10-3-1-2-6-12-10/h1-3,6,8-9H,4-5,7,11H2/t9-/m1/s1. The Morgan fingerprint density at radius 3 is 2.92 bits per heavy atom. The molecule has 64 valence electrons. The predicted octanol–water partition coefficient (Wildman–Crippen LogP) is 1.88. The lowest BCUT2D eigenvalue weighted by molar-refractivity contribution is 0.583. The third-order valence-corrected chi connectivity index (χ3v) is 2.35.